The molecule has 4 nitrogen and oxygen atoms in total. The molecule has 1 unspecified atom stereocenters. The molecular weight excluding hydrogens is 226 g/mol. The Morgan fingerprint density at radius 3 is 3.06 bits per heavy atom. The number of aliphatic hydroxyl groups is 1. The molecule has 2 heterocycles. The number of anilines is 1. The van der Waals surface area contributed by atoms with Crippen molar-refractivity contribution in [1.82, 2.24) is 9.97 Å². The number of aromatic nitrogens is 2. The second-order valence-corrected chi connectivity index (χ2v) is 4.40. The molecule has 1 saturated heterocycles. The predicted octanol–water partition coefficient (Wildman–Crippen LogP) is 1.87. The van der Waals surface area contributed by atoms with Gasteiger partial charge in [-0.05, 0) is 30.5 Å². The van der Waals surface area contributed by atoms with E-state index in [1.165, 1.54) is 12.8 Å². The fourth-order valence-corrected chi connectivity index (χ4v) is 2.30. The Morgan fingerprint density at radius 2 is 2.31 bits per heavy atom. The van der Waals surface area contributed by atoms with Crippen molar-refractivity contribution in [2.24, 2.45) is 0 Å². The maximum Gasteiger partial charge on any atom is 0.224 e. The van der Waals surface area contributed by atoms with Crippen LogP contribution in [-0.2, 0) is 0 Å². The second kappa shape index (κ2) is 5.46. The maximum atomic E-state index is 9.40. The van der Waals surface area contributed by atoms with E-state index in [9.17, 15) is 5.11 Å². The quantitative estimate of drug-likeness (QED) is 0.804. The van der Waals surface area contributed by atoms with E-state index in [0.29, 0.717) is 0 Å². The topological polar surface area (TPSA) is 49.2 Å². The Kier molecular flexibility index (Phi) is 3.96. The molecule has 1 fully saturated rings. The first-order chi connectivity index (χ1) is 7.81. The van der Waals surface area contributed by atoms with Crippen LogP contribution < -0.4 is 4.90 Å². The molecule has 0 saturated carbocycles. The molecule has 1 aromatic heterocycles. The second-order valence-electron chi connectivity index (χ2n) is 4.06. The van der Waals surface area contributed by atoms with Crippen molar-refractivity contribution in [2.45, 2.75) is 31.7 Å². The largest absolute Gasteiger partial charge is 0.394 e. The van der Waals surface area contributed by atoms with Crippen LogP contribution in [0, 0.1) is 0 Å². The van der Waals surface area contributed by atoms with Crippen molar-refractivity contribution in [1.29, 1.82) is 0 Å². The fraction of sp³-hybridized carbons (Fsp3) is 0.636. The van der Waals surface area contributed by atoms with Crippen molar-refractivity contribution in [2.75, 3.05) is 18.1 Å². The van der Waals surface area contributed by atoms with Gasteiger partial charge in [-0.3, -0.25) is 0 Å². The zero-order valence-corrected chi connectivity index (χ0v) is 9.90. The average molecular weight is 242 g/mol. The van der Waals surface area contributed by atoms with E-state index in [-0.39, 0.29) is 17.9 Å². The summed E-state index contributed by atoms with van der Waals surface area (Å²) in [5.41, 5.74) is 0. The Labute approximate surface area is 100 Å². The molecule has 1 aliphatic rings. The zero-order chi connectivity index (χ0) is 11.4. The van der Waals surface area contributed by atoms with Crippen LogP contribution in [0.25, 0.3) is 0 Å². The van der Waals surface area contributed by atoms with Gasteiger partial charge in [-0.2, -0.15) is 0 Å². The van der Waals surface area contributed by atoms with E-state index in [1.54, 1.807) is 6.20 Å². The normalized spacial score (nSPS) is 21.9. The van der Waals surface area contributed by atoms with Gasteiger partial charge in [0.05, 0.1) is 12.6 Å². The van der Waals surface area contributed by atoms with Crippen molar-refractivity contribution in [3.63, 3.8) is 0 Å². The van der Waals surface area contributed by atoms with E-state index in [4.69, 9.17) is 11.6 Å². The molecule has 0 spiro atoms. The van der Waals surface area contributed by atoms with Crippen LogP contribution in [0.3, 0.4) is 0 Å². The van der Waals surface area contributed by atoms with Crippen LogP contribution in [-0.4, -0.2) is 34.3 Å². The summed E-state index contributed by atoms with van der Waals surface area (Å²) in [5.74, 6) is 0.820. The lowest BCUT2D eigenvalue weighted by molar-refractivity contribution is 0.254. The van der Waals surface area contributed by atoms with Gasteiger partial charge in [-0.1, -0.05) is 12.8 Å². The maximum absolute atomic E-state index is 9.40. The minimum atomic E-state index is 0.161. The molecule has 88 valence electrons. The van der Waals surface area contributed by atoms with Gasteiger partial charge in [0.25, 0.3) is 0 Å². The van der Waals surface area contributed by atoms with E-state index in [0.717, 1.165) is 25.2 Å². The third-order valence-electron chi connectivity index (χ3n) is 2.99. The number of nitrogens with zero attached hydrogens (tertiary/aromatic N) is 3. The summed E-state index contributed by atoms with van der Waals surface area (Å²) in [4.78, 5) is 10.2. The Bertz CT molecular complexity index is 348. The third-order valence-corrected chi connectivity index (χ3v) is 3.18. The summed E-state index contributed by atoms with van der Waals surface area (Å²) in [6.07, 6.45) is 6.19. The van der Waals surface area contributed by atoms with Crippen LogP contribution in [0.4, 0.5) is 5.82 Å². The monoisotopic (exact) mass is 241 g/mol. The van der Waals surface area contributed by atoms with E-state index in [1.807, 2.05) is 6.07 Å². The van der Waals surface area contributed by atoms with Gasteiger partial charge in [0.2, 0.25) is 5.28 Å². The minimum Gasteiger partial charge on any atom is -0.394 e. The van der Waals surface area contributed by atoms with Crippen LogP contribution in [0.5, 0.6) is 0 Å². The molecule has 1 atom stereocenters. The van der Waals surface area contributed by atoms with Crippen LogP contribution >= 0.6 is 11.6 Å². The van der Waals surface area contributed by atoms with E-state index >= 15 is 0 Å². The first kappa shape index (κ1) is 11.6. The summed E-state index contributed by atoms with van der Waals surface area (Å²) >= 11 is 5.78. The van der Waals surface area contributed by atoms with Gasteiger partial charge in [0.1, 0.15) is 5.82 Å². The van der Waals surface area contributed by atoms with E-state index in [2.05, 4.69) is 14.9 Å². The Morgan fingerprint density at radius 1 is 1.44 bits per heavy atom. The highest BCUT2D eigenvalue weighted by Crippen LogP contribution is 2.22. The SMILES string of the molecule is OCC1CCCCCN1c1ccnc(Cl)n1. The summed E-state index contributed by atoms with van der Waals surface area (Å²) in [6.45, 7) is 1.10. The lowest BCUT2D eigenvalue weighted by Gasteiger charge is -2.29. The average Bonchev–Trinajstić information content (AvgIpc) is 2.53. The minimum absolute atomic E-state index is 0.161. The van der Waals surface area contributed by atoms with Gasteiger partial charge >= 0.3 is 0 Å². The molecule has 0 radical (unpaired) electrons. The van der Waals surface area contributed by atoms with Crippen molar-refractivity contribution >= 4 is 17.4 Å². The smallest absolute Gasteiger partial charge is 0.224 e. The van der Waals surface area contributed by atoms with Crippen LogP contribution in [0.1, 0.15) is 25.7 Å². The van der Waals surface area contributed by atoms with Gasteiger partial charge in [0.15, 0.2) is 0 Å². The van der Waals surface area contributed by atoms with Gasteiger partial charge < -0.3 is 10.0 Å². The Balaban J connectivity index is 2.21. The zero-order valence-electron chi connectivity index (χ0n) is 9.14. The van der Waals surface area contributed by atoms with Crippen molar-refractivity contribution in [3.05, 3.63) is 17.5 Å². The highest BCUT2D eigenvalue weighted by atomic mass is 35.5. The first-order valence-electron chi connectivity index (χ1n) is 5.67. The molecule has 0 bridgehead atoms. The molecule has 5 heteroatoms. The summed E-state index contributed by atoms with van der Waals surface area (Å²) < 4.78 is 0. The first-order valence-corrected chi connectivity index (χ1v) is 6.05. The van der Waals surface area contributed by atoms with Crippen LogP contribution in [0.15, 0.2) is 12.3 Å². The number of hydrogen-bond donors (Lipinski definition) is 1. The fourth-order valence-electron chi connectivity index (χ4n) is 2.15. The number of aliphatic hydroxyl groups excluding tert-OH is 1. The van der Waals surface area contributed by atoms with Crippen LogP contribution in [0.2, 0.25) is 5.28 Å². The molecule has 0 aromatic carbocycles. The predicted molar refractivity (Wildman–Crippen MR) is 63.7 cm³/mol. The molecular formula is C11H16ClN3O. The molecule has 1 aliphatic heterocycles. The molecule has 2 rings (SSSR count). The van der Waals surface area contributed by atoms with E-state index < -0.39 is 0 Å². The third kappa shape index (κ3) is 2.62. The number of hydrogen-bond acceptors (Lipinski definition) is 4. The lowest BCUT2D eigenvalue weighted by Crippen LogP contribution is -2.38. The number of rotatable bonds is 2. The summed E-state index contributed by atoms with van der Waals surface area (Å²) in [5, 5.41) is 9.66. The molecule has 1 aromatic rings. The molecule has 1 N–H and O–H groups in total. The standard InChI is InChI=1S/C11H16ClN3O/c12-11-13-6-5-10(14-11)15-7-3-1-2-4-9(15)8-16/h5-6,9,16H,1-4,7-8H2. The summed E-state index contributed by atoms with van der Waals surface area (Å²) in [7, 11) is 0. The van der Waals surface area contributed by atoms with Gasteiger partial charge in [-0.15, -0.1) is 0 Å². The van der Waals surface area contributed by atoms with Crippen molar-refractivity contribution < 1.29 is 5.11 Å². The summed E-state index contributed by atoms with van der Waals surface area (Å²) in [6, 6.07) is 2.01. The lowest BCUT2D eigenvalue weighted by atomic mass is 10.1. The molecule has 16 heavy (non-hydrogen) atoms. The molecule has 0 amide bonds. The van der Waals surface area contributed by atoms with Crippen molar-refractivity contribution in [3.8, 4) is 0 Å². The highest BCUT2D eigenvalue weighted by Gasteiger charge is 2.21. The van der Waals surface area contributed by atoms with Gasteiger partial charge in [0, 0.05) is 12.7 Å². The Hall–Kier alpha value is -0.870. The van der Waals surface area contributed by atoms with Gasteiger partial charge in [-0.25, -0.2) is 9.97 Å². The molecule has 0 aliphatic carbocycles. The number of halogens is 1. The highest BCUT2D eigenvalue weighted by molar-refractivity contribution is 6.28.